The van der Waals surface area contributed by atoms with E-state index in [1.807, 2.05) is 26.0 Å². The highest BCUT2D eigenvalue weighted by Gasteiger charge is 2.21. The number of anilines is 1. The summed E-state index contributed by atoms with van der Waals surface area (Å²) >= 11 is 0. The molecule has 0 aliphatic heterocycles. The zero-order valence-corrected chi connectivity index (χ0v) is 11.2. The van der Waals surface area contributed by atoms with Gasteiger partial charge in [-0.05, 0) is 19.1 Å². The van der Waals surface area contributed by atoms with Gasteiger partial charge in [-0.3, -0.25) is 9.55 Å². The number of carbonyl (C=O) groups excluding carboxylic acids is 1. The zero-order valence-electron chi connectivity index (χ0n) is 11.2. The molecule has 19 heavy (non-hydrogen) atoms. The minimum atomic E-state index is -0.531. The molecule has 0 spiro atoms. The Labute approximate surface area is 111 Å². The molecule has 2 N–H and O–H groups in total. The lowest BCUT2D eigenvalue weighted by Gasteiger charge is -2.09. The highest BCUT2D eigenvalue weighted by atomic mass is 16.5. The molecule has 2 heterocycles. The molecule has 0 radical (unpaired) electrons. The number of hydrogen-bond donors (Lipinski definition) is 1. The van der Waals surface area contributed by atoms with E-state index in [4.69, 9.17) is 5.73 Å². The third-order valence-corrected chi connectivity index (χ3v) is 2.82. The normalized spacial score (nSPS) is 10.5. The van der Waals surface area contributed by atoms with Crippen LogP contribution in [0.4, 0.5) is 5.82 Å². The van der Waals surface area contributed by atoms with Gasteiger partial charge in [-0.2, -0.15) is 0 Å². The molecule has 2 aromatic heterocycles. The fourth-order valence-electron chi connectivity index (χ4n) is 1.92. The van der Waals surface area contributed by atoms with Gasteiger partial charge in [-0.15, -0.1) is 0 Å². The van der Waals surface area contributed by atoms with Gasteiger partial charge in [-0.25, -0.2) is 9.78 Å². The number of ether oxygens (including phenoxy) is 1. The Morgan fingerprint density at radius 1 is 1.53 bits per heavy atom. The lowest BCUT2D eigenvalue weighted by atomic mass is 10.3. The van der Waals surface area contributed by atoms with Crippen molar-refractivity contribution in [2.24, 2.45) is 0 Å². The van der Waals surface area contributed by atoms with Crippen LogP contribution in [0.25, 0.3) is 5.69 Å². The number of hydrogen-bond acceptors (Lipinski definition) is 5. The summed E-state index contributed by atoms with van der Waals surface area (Å²) < 4.78 is 6.43. The van der Waals surface area contributed by atoms with Gasteiger partial charge in [0.25, 0.3) is 0 Å². The Morgan fingerprint density at radius 3 is 2.84 bits per heavy atom. The molecular weight excluding hydrogens is 244 g/mol. The monoisotopic (exact) mass is 260 g/mol. The van der Waals surface area contributed by atoms with Crippen molar-refractivity contribution in [3.8, 4) is 5.69 Å². The fraction of sp³-hybridized carbons (Fsp3) is 0.308. The highest BCUT2D eigenvalue weighted by Crippen LogP contribution is 2.22. The van der Waals surface area contributed by atoms with Gasteiger partial charge >= 0.3 is 5.97 Å². The number of nitrogen functional groups attached to an aromatic ring is 1. The fourth-order valence-corrected chi connectivity index (χ4v) is 1.92. The maximum Gasteiger partial charge on any atom is 0.360 e. The van der Waals surface area contributed by atoms with E-state index in [2.05, 4.69) is 14.7 Å². The predicted molar refractivity (Wildman–Crippen MR) is 71.2 cm³/mol. The Morgan fingerprint density at radius 2 is 2.26 bits per heavy atom. The van der Waals surface area contributed by atoms with Crippen LogP contribution in [0, 0.1) is 6.92 Å². The lowest BCUT2D eigenvalue weighted by Crippen LogP contribution is -2.08. The molecule has 0 aliphatic carbocycles. The van der Waals surface area contributed by atoms with Gasteiger partial charge in [0, 0.05) is 18.3 Å². The number of imidazole rings is 1. The minimum Gasteiger partial charge on any atom is -0.464 e. The molecule has 0 fully saturated rings. The lowest BCUT2D eigenvalue weighted by molar-refractivity contribution is 0.0596. The van der Waals surface area contributed by atoms with Crippen molar-refractivity contribution in [3.63, 3.8) is 0 Å². The van der Waals surface area contributed by atoms with Crippen LogP contribution < -0.4 is 5.73 Å². The van der Waals surface area contributed by atoms with E-state index < -0.39 is 5.97 Å². The van der Waals surface area contributed by atoms with Crippen molar-refractivity contribution in [2.75, 3.05) is 12.8 Å². The van der Waals surface area contributed by atoms with Crippen molar-refractivity contribution in [3.05, 3.63) is 35.5 Å². The number of rotatable bonds is 3. The molecule has 0 aliphatic rings. The Balaban J connectivity index is 2.62. The average Bonchev–Trinajstić information content (AvgIpc) is 2.74. The summed E-state index contributed by atoms with van der Waals surface area (Å²) in [5.41, 5.74) is 7.87. The zero-order chi connectivity index (χ0) is 14.0. The first kappa shape index (κ1) is 13.1. The number of methoxy groups -OCH3 is 1. The molecule has 100 valence electrons. The number of aromatic nitrogens is 3. The summed E-state index contributed by atoms with van der Waals surface area (Å²) in [5.74, 6) is 0.467. The maximum atomic E-state index is 11.6. The number of aryl methyl sites for hydroxylation is 2. The van der Waals surface area contributed by atoms with Gasteiger partial charge in [0.05, 0.1) is 12.8 Å². The molecule has 0 saturated carbocycles. The largest absolute Gasteiger partial charge is 0.464 e. The van der Waals surface area contributed by atoms with Crippen molar-refractivity contribution in [1.82, 2.24) is 14.5 Å². The molecule has 0 atom stereocenters. The first-order valence-corrected chi connectivity index (χ1v) is 5.97. The van der Waals surface area contributed by atoms with Crippen LogP contribution in [0.1, 0.15) is 28.9 Å². The van der Waals surface area contributed by atoms with Crippen LogP contribution in [0.15, 0.2) is 18.3 Å². The van der Waals surface area contributed by atoms with Crippen LogP contribution in [-0.2, 0) is 11.2 Å². The second-order valence-electron chi connectivity index (χ2n) is 4.10. The summed E-state index contributed by atoms with van der Waals surface area (Å²) in [7, 11) is 1.31. The smallest absolute Gasteiger partial charge is 0.360 e. The van der Waals surface area contributed by atoms with Gasteiger partial charge in [0.1, 0.15) is 11.6 Å². The molecule has 2 aromatic rings. The van der Waals surface area contributed by atoms with Crippen LogP contribution in [0.5, 0.6) is 0 Å². The number of carbonyl (C=O) groups is 1. The topological polar surface area (TPSA) is 83.0 Å². The Hall–Kier alpha value is -2.37. The molecule has 0 bridgehead atoms. The summed E-state index contributed by atoms with van der Waals surface area (Å²) in [6, 6.07) is 3.71. The first-order valence-electron chi connectivity index (χ1n) is 5.97. The molecular formula is C13H16N4O2. The number of nitrogens with zero attached hydrogens (tertiary/aromatic N) is 3. The molecule has 0 aromatic carbocycles. The molecule has 6 nitrogen and oxygen atoms in total. The van der Waals surface area contributed by atoms with Gasteiger partial charge < -0.3 is 10.5 Å². The van der Waals surface area contributed by atoms with Crippen molar-refractivity contribution >= 4 is 11.8 Å². The second-order valence-corrected chi connectivity index (χ2v) is 4.10. The predicted octanol–water partition coefficient (Wildman–Crippen LogP) is 1.51. The van der Waals surface area contributed by atoms with E-state index in [1.165, 1.54) is 7.11 Å². The van der Waals surface area contributed by atoms with E-state index >= 15 is 0 Å². The van der Waals surface area contributed by atoms with Crippen LogP contribution in [0.2, 0.25) is 0 Å². The quantitative estimate of drug-likeness (QED) is 0.846. The SMILES string of the molecule is CCc1nc(C(=O)OC)c(N)n1-c1ccnc(C)c1. The number of pyridine rings is 1. The van der Waals surface area contributed by atoms with Crippen LogP contribution in [-0.4, -0.2) is 27.6 Å². The molecule has 2 rings (SSSR count). The van der Waals surface area contributed by atoms with Crippen molar-refractivity contribution < 1.29 is 9.53 Å². The van der Waals surface area contributed by atoms with Crippen LogP contribution >= 0.6 is 0 Å². The minimum absolute atomic E-state index is 0.147. The van der Waals surface area contributed by atoms with Gasteiger partial charge in [0.2, 0.25) is 0 Å². The van der Waals surface area contributed by atoms with E-state index in [-0.39, 0.29) is 11.5 Å². The average molecular weight is 260 g/mol. The first-order chi connectivity index (χ1) is 9.08. The highest BCUT2D eigenvalue weighted by molar-refractivity contribution is 5.92. The van der Waals surface area contributed by atoms with Crippen molar-refractivity contribution in [1.29, 1.82) is 0 Å². The van der Waals surface area contributed by atoms with Crippen molar-refractivity contribution in [2.45, 2.75) is 20.3 Å². The van der Waals surface area contributed by atoms with Gasteiger partial charge in [0.15, 0.2) is 5.69 Å². The Kier molecular flexibility index (Phi) is 3.50. The van der Waals surface area contributed by atoms with E-state index in [1.54, 1.807) is 10.8 Å². The third kappa shape index (κ3) is 2.29. The molecule has 0 saturated heterocycles. The summed E-state index contributed by atoms with van der Waals surface area (Å²) in [6.07, 6.45) is 2.35. The van der Waals surface area contributed by atoms with E-state index in [9.17, 15) is 4.79 Å². The standard InChI is InChI=1S/C13H16N4O2/c1-4-10-16-11(13(18)19-3)12(14)17(10)9-5-6-15-8(2)7-9/h5-7H,4,14H2,1-3H3. The van der Waals surface area contributed by atoms with Gasteiger partial charge in [-0.1, -0.05) is 6.92 Å². The number of nitrogens with two attached hydrogens (primary N) is 1. The molecule has 0 unspecified atom stereocenters. The molecule has 0 amide bonds. The summed E-state index contributed by atoms with van der Waals surface area (Å²) in [4.78, 5) is 20.0. The molecule has 6 heteroatoms. The summed E-state index contributed by atoms with van der Waals surface area (Å²) in [6.45, 7) is 3.84. The number of esters is 1. The third-order valence-electron chi connectivity index (χ3n) is 2.82. The Bertz CT molecular complexity index is 619. The summed E-state index contributed by atoms with van der Waals surface area (Å²) in [5, 5.41) is 0. The maximum absolute atomic E-state index is 11.6. The second kappa shape index (κ2) is 5.09. The van der Waals surface area contributed by atoms with E-state index in [0.717, 1.165) is 11.4 Å². The van der Waals surface area contributed by atoms with E-state index in [0.29, 0.717) is 12.2 Å². The van der Waals surface area contributed by atoms with Crippen LogP contribution in [0.3, 0.4) is 0 Å².